The zero-order valence-electron chi connectivity index (χ0n) is 21.4. The van der Waals surface area contributed by atoms with Crippen LogP contribution in [0.2, 0.25) is 0 Å². The third-order valence-electron chi connectivity index (χ3n) is 8.83. The number of hydrogen-bond donors (Lipinski definition) is 0. The predicted molar refractivity (Wildman–Crippen MR) is 164 cm³/mol. The fraction of sp³-hybridized carbons (Fsp3) is 0. The van der Waals surface area contributed by atoms with Crippen LogP contribution < -0.4 is 21.1 Å². The molecule has 184 valence electrons. The quantitative estimate of drug-likeness (QED) is 0.247. The van der Waals surface area contributed by atoms with Crippen molar-refractivity contribution in [3.05, 3.63) is 121 Å². The van der Waals surface area contributed by atoms with Crippen LogP contribution in [0.5, 0.6) is 11.5 Å². The van der Waals surface area contributed by atoms with Crippen LogP contribution in [0.1, 0.15) is 0 Å². The number of aromatic nitrogens is 3. The smallest absolute Gasteiger partial charge is 0.256 e. The number of hydrogen-bond acceptors (Lipinski definition) is 2. The molecule has 5 aromatic carbocycles. The van der Waals surface area contributed by atoms with Gasteiger partial charge in [0.15, 0.2) is 0 Å². The number of ether oxygens (including phenoxy) is 1. The van der Waals surface area contributed by atoms with Crippen molar-refractivity contribution in [3.63, 3.8) is 0 Å². The average Bonchev–Trinajstić information content (AvgIpc) is 3.53. The van der Waals surface area contributed by atoms with Crippen molar-refractivity contribution < 1.29 is 4.74 Å². The minimum absolute atomic E-state index is 0.127. The molecule has 0 spiro atoms. The van der Waals surface area contributed by atoms with Gasteiger partial charge in [0.05, 0.1) is 16.6 Å². The topological polar surface area (TPSA) is 32.0 Å². The van der Waals surface area contributed by atoms with Crippen LogP contribution in [-0.2, 0) is 0 Å². The molecule has 0 unspecified atom stereocenters. The molecular weight excluding hydrogens is 489 g/mol. The van der Waals surface area contributed by atoms with Gasteiger partial charge in [-0.3, -0.25) is 4.57 Å². The molecule has 0 atom stereocenters. The molecule has 2 aliphatic heterocycles. The van der Waals surface area contributed by atoms with Crippen LogP contribution >= 0.6 is 0 Å². The minimum Gasteiger partial charge on any atom is -0.458 e. The number of fused-ring (bicyclic) bond motifs is 11. The fourth-order valence-corrected chi connectivity index (χ4v) is 7.35. The fourth-order valence-electron chi connectivity index (χ4n) is 7.35. The highest BCUT2D eigenvalue weighted by Crippen LogP contribution is 2.43. The molecule has 0 amide bonds. The Bertz CT molecular complexity index is 2370. The maximum Gasteiger partial charge on any atom is 0.256 e. The van der Waals surface area contributed by atoms with Crippen LogP contribution in [-0.4, -0.2) is 20.8 Å². The Labute approximate surface area is 229 Å². The van der Waals surface area contributed by atoms with Crippen LogP contribution in [0.4, 0.5) is 0 Å². The molecule has 3 aromatic heterocycles. The highest BCUT2D eigenvalue weighted by atomic mass is 16.5. The molecule has 10 rings (SSSR count). The van der Waals surface area contributed by atoms with Crippen molar-refractivity contribution >= 4 is 66.7 Å². The van der Waals surface area contributed by atoms with Gasteiger partial charge in [-0.25, -0.2) is 4.98 Å². The maximum absolute atomic E-state index is 6.52. The first-order valence-corrected chi connectivity index (χ1v) is 13.7. The van der Waals surface area contributed by atoms with E-state index in [0.717, 1.165) is 28.4 Å². The second kappa shape index (κ2) is 7.22. The van der Waals surface area contributed by atoms with E-state index in [1.54, 1.807) is 0 Å². The highest BCUT2D eigenvalue weighted by Gasteiger charge is 2.40. The van der Waals surface area contributed by atoms with Crippen molar-refractivity contribution in [2.24, 2.45) is 0 Å². The lowest BCUT2D eigenvalue weighted by Gasteiger charge is -2.33. The lowest BCUT2D eigenvalue weighted by molar-refractivity contribution is 0.487. The van der Waals surface area contributed by atoms with E-state index in [9.17, 15) is 0 Å². The van der Waals surface area contributed by atoms with E-state index in [4.69, 9.17) is 9.72 Å². The largest absolute Gasteiger partial charge is 0.458 e. The van der Waals surface area contributed by atoms with E-state index in [1.165, 1.54) is 54.7 Å². The molecule has 0 bridgehead atoms. The summed E-state index contributed by atoms with van der Waals surface area (Å²) >= 11 is 0. The molecule has 0 saturated carbocycles. The third-order valence-corrected chi connectivity index (χ3v) is 8.83. The zero-order chi connectivity index (χ0) is 25.9. The van der Waals surface area contributed by atoms with Gasteiger partial charge in [0.2, 0.25) is 0 Å². The van der Waals surface area contributed by atoms with Gasteiger partial charge in [-0.05, 0) is 58.9 Å². The Morgan fingerprint density at radius 3 is 2.27 bits per heavy atom. The second-order valence-corrected chi connectivity index (χ2v) is 10.7. The van der Waals surface area contributed by atoms with E-state index >= 15 is 0 Å². The number of nitrogens with zero attached hydrogens (tertiary/aromatic N) is 3. The van der Waals surface area contributed by atoms with Crippen molar-refractivity contribution in [1.29, 1.82) is 0 Å². The lowest BCUT2D eigenvalue weighted by atomic mass is 9.34. The van der Waals surface area contributed by atoms with E-state index < -0.39 is 0 Å². The normalized spacial score (nSPS) is 13.2. The first-order chi connectivity index (χ1) is 19.9. The standard InChI is InChI=1S/C35H20BN3O/c1-3-13-26-23(9-1)32-27(38(26)31-17-5-6-20-37-31)19-18-22-21-10-7-12-25-34(21)39(35(22)32)28-14-8-16-30-33(28)36(25)24-11-2-4-15-29(24)40-30/h1-20H. The number of para-hydroxylation sites is 3. The molecule has 0 aliphatic carbocycles. The summed E-state index contributed by atoms with van der Waals surface area (Å²) in [6.07, 6.45) is 1.87. The molecule has 8 aromatic rings. The van der Waals surface area contributed by atoms with Gasteiger partial charge in [0.1, 0.15) is 17.3 Å². The summed E-state index contributed by atoms with van der Waals surface area (Å²) in [6, 6.07) is 41.1. The zero-order valence-corrected chi connectivity index (χ0v) is 21.4. The van der Waals surface area contributed by atoms with Gasteiger partial charge in [0.25, 0.3) is 6.71 Å². The molecule has 0 saturated heterocycles. The Morgan fingerprint density at radius 1 is 0.550 bits per heavy atom. The summed E-state index contributed by atoms with van der Waals surface area (Å²) in [5, 5.41) is 5.01. The van der Waals surface area contributed by atoms with Gasteiger partial charge in [0, 0.05) is 38.9 Å². The third kappa shape index (κ3) is 2.37. The van der Waals surface area contributed by atoms with Crippen molar-refractivity contribution in [2.45, 2.75) is 0 Å². The molecule has 5 heteroatoms. The van der Waals surface area contributed by atoms with Crippen LogP contribution in [0.15, 0.2) is 121 Å². The summed E-state index contributed by atoms with van der Waals surface area (Å²) in [5.41, 5.74) is 9.81. The molecule has 40 heavy (non-hydrogen) atoms. The summed E-state index contributed by atoms with van der Waals surface area (Å²) in [6.45, 7) is 0.127. The van der Waals surface area contributed by atoms with E-state index in [2.05, 4.69) is 118 Å². The average molecular weight is 509 g/mol. The molecule has 4 nitrogen and oxygen atoms in total. The van der Waals surface area contributed by atoms with E-state index in [1.807, 2.05) is 12.3 Å². The summed E-state index contributed by atoms with van der Waals surface area (Å²) in [7, 11) is 0. The summed E-state index contributed by atoms with van der Waals surface area (Å²) in [4.78, 5) is 4.75. The Kier molecular flexibility index (Phi) is 3.73. The number of benzene rings is 5. The molecular formula is C35H20BN3O. The molecule has 0 fully saturated rings. The Hall–Kier alpha value is -5.29. The van der Waals surface area contributed by atoms with Gasteiger partial charge in [-0.15, -0.1) is 0 Å². The van der Waals surface area contributed by atoms with Crippen molar-refractivity contribution in [3.8, 4) is 23.0 Å². The predicted octanol–water partition coefficient (Wildman–Crippen LogP) is 6.21. The Balaban J connectivity index is 1.45. The van der Waals surface area contributed by atoms with Gasteiger partial charge in [-0.1, -0.05) is 72.8 Å². The SMILES string of the molecule is c1ccc(-n2c3ccccc3c3c2ccc2c4cccc5c4n(c23)-c2cccc3c2B5c2ccccc2O3)nc1. The van der Waals surface area contributed by atoms with Gasteiger partial charge >= 0.3 is 0 Å². The maximum atomic E-state index is 6.52. The highest BCUT2D eigenvalue weighted by molar-refractivity contribution is 6.99. The molecule has 5 heterocycles. The second-order valence-electron chi connectivity index (χ2n) is 10.7. The number of rotatable bonds is 1. The summed E-state index contributed by atoms with van der Waals surface area (Å²) in [5.74, 6) is 2.80. The molecule has 0 N–H and O–H groups in total. The van der Waals surface area contributed by atoms with E-state index in [-0.39, 0.29) is 6.71 Å². The minimum atomic E-state index is 0.127. The first-order valence-electron chi connectivity index (χ1n) is 13.7. The van der Waals surface area contributed by atoms with Crippen LogP contribution in [0.25, 0.3) is 55.1 Å². The Morgan fingerprint density at radius 2 is 1.32 bits per heavy atom. The monoisotopic (exact) mass is 509 g/mol. The van der Waals surface area contributed by atoms with Gasteiger partial charge in [-0.2, -0.15) is 0 Å². The number of pyridine rings is 1. The molecule has 2 aliphatic rings. The van der Waals surface area contributed by atoms with E-state index in [0.29, 0.717) is 0 Å². The first kappa shape index (κ1) is 20.6. The van der Waals surface area contributed by atoms with Crippen LogP contribution in [0, 0.1) is 0 Å². The van der Waals surface area contributed by atoms with Crippen molar-refractivity contribution in [1.82, 2.24) is 14.1 Å². The molecule has 0 radical (unpaired) electrons. The van der Waals surface area contributed by atoms with Crippen molar-refractivity contribution in [2.75, 3.05) is 0 Å². The van der Waals surface area contributed by atoms with Gasteiger partial charge < -0.3 is 9.30 Å². The lowest BCUT2D eigenvalue weighted by Crippen LogP contribution is -2.58. The summed E-state index contributed by atoms with van der Waals surface area (Å²) < 4.78 is 11.3. The van der Waals surface area contributed by atoms with Crippen LogP contribution in [0.3, 0.4) is 0 Å².